The molecule has 3 heteroatoms. The molecule has 1 aliphatic carbocycles. The van der Waals surface area contributed by atoms with Gasteiger partial charge < -0.3 is 5.11 Å². The number of hydrogen-bond donors (Lipinski definition) is 1. The van der Waals surface area contributed by atoms with Gasteiger partial charge in [0.05, 0.1) is 6.10 Å². The van der Waals surface area contributed by atoms with Crippen molar-refractivity contribution in [1.82, 2.24) is 0 Å². The highest BCUT2D eigenvalue weighted by Crippen LogP contribution is 2.51. The molecule has 0 aliphatic heterocycles. The van der Waals surface area contributed by atoms with E-state index in [0.717, 1.165) is 25.0 Å². The fraction of sp³-hybridized carbons (Fsp3) is 1.00. The predicted octanol–water partition coefficient (Wildman–Crippen LogP) is 0.916. The van der Waals surface area contributed by atoms with E-state index in [4.69, 9.17) is 0 Å². The first-order valence-corrected chi connectivity index (χ1v) is 5.78. The average Bonchev–Trinajstić information content (AvgIpc) is 2.63. The standard InChI is InChI=1S/C8H16O2S/c1-7(9)8(3-4-8)5-6-11(2)10/h7,9H,3-6H2,1-2H3. The smallest absolute Gasteiger partial charge is 0.0568 e. The fourth-order valence-electron chi connectivity index (χ4n) is 1.38. The average molecular weight is 176 g/mol. The zero-order valence-electron chi connectivity index (χ0n) is 7.17. The Morgan fingerprint density at radius 2 is 2.18 bits per heavy atom. The van der Waals surface area contributed by atoms with Gasteiger partial charge in [-0.1, -0.05) is 0 Å². The fourth-order valence-corrected chi connectivity index (χ4v) is 2.08. The predicted molar refractivity (Wildman–Crippen MR) is 46.9 cm³/mol. The molecule has 0 aromatic carbocycles. The van der Waals surface area contributed by atoms with E-state index in [1.165, 1.54) is 0 Å². The van der Waals surface area contributed by atoms with Gasteiger partial charge in [-0.25, -0.2) is 0 Å². The molecule has 2 nitrogen and oxygen atoms in total. The minimum atomic E-state index is -0.700. The summed E-state index contributed by atoms with van der Waals surface area (Å²) in [4.78, 5) is 0. The van der Waals surface area contributed by atoms with Gasteiger partial charge in [0, 0.05) is 22.8 Å². The lowest BCUT2D eigenvalue weighted by Crippen LogP contribution is -2.20. The molecule has 66 valence electrons. The van der Waals surface area contributed by atoms with Crippen molar-refractivity contribution < 1.29 is 9.32 Å². The number of aliphatic hydroxyl groups excluding tert-OH is 1. The van der Waals surface area contributed by atoms with E-state index in [1.54, 1.807) is 6.26 Å². The Hall–Kier alpha value is 0.110. The first-order valence-electron chi connectivity index (χ1n) is 4.05. The molecule has 0 heterocycles. The van der Waals surface area contributed by atoms with Crippen LogP contribution in [0, 0.1) is 5.41 Å². The van der Waals surface area contributed by atoms with E-state index < -0.39 is 10.8 Å². The molecule has 0 aromatic rings. The lowest BCUT2D eigenvalue weighted by Gasteiger charge is -2.16. The highest BCUT2D eigenvalue weighted by Gasteiger charge is 2.46. The van der Waals surface area contributed by atoms with Gasteiger partial charge in [-0.3, -0.25) is 4.21 Å². The molecule has 1 N–H and O–H groups in total. The van der Waals surface area contributed by atoms with Crippen LogP contribution in [0.2, 0.25) is 0 Å². The van der Waals surface area contributed by atoms with Gasteiger partial charge in [0.2, 0.25) is 0 Å². The van der Waals surface area contributed by atoms with Gasteiger partial charge in [-0.2, -0.15) is 0 Å². The summed E-state index contributed by atoms with van der Waals surface area (Å²) in [6.07, 6.45) is 4.65. The normalized spacial score (nSPS) is 26.1. The lowest BCUT2D eigenvalue weighted by atomic mass is 9.98. The van der Waals surface area contributed by atoms with E-state index >= 15 is 0 Å². The summed E-state index contributed by atoms with van der Waals surface area (Å²) < 4.78 is 10.8. The Kier molecular flexibility index (Phi) is 2.70. The second-order valence-corrected chi connectivity index (χ2v) is 5.12. The summed E-state index contributed by atoms with van der Waals surface area (Å²) in [7, 11) is -0.700. The number of rotatable bonds is 4. The van der Waals surface area contributed by atoms with Gasteiger partial charge in [-0.05, 0) is 31.6 Å². The van der Waals surface area contributed by atoms with Gasteiger partial charge in [0.1, 0.15) is 0 Å². The Morgan fingerprint density at radius 1 is 1.64 bits per heavy atom. The molecule has 11 heavy (non-hydrogen) atoms. The SMILES string of the molecule is CC(O)C1(CCS(C)=O)CC1. The number of aliphatic hydroxyl groups is 1. The Bertz CT molecular complexity index is 161. The summed E-state index contributed by atoms with van der Waals surface area (Å²) in [6.45, 7) is 1.84. The zero-order valence-corrected chi connectivity index (χ0v) is 7.99. The molecule has 0 amide bonds. The van der Waals surface area contributed by atoms with Crippen LogP contribution in [0.25, 0.3) is 0 Å². The molecule has 0 saturated heterocycles. The zero-order chi connectivity index (χ0) is 8.48. The van der Waals surface area contributed by atoms with Gasteiger partial charge in [-0.15, -0.1) is 0 Å². The first-order chi connectivity index (χ1) is 5.07. The van der Waals surface area contributed by atoms with Crippen LogP contribution >= 0.6 is 0 Å². The monoisotopic (exact) mass is 176 g/mol. The quantitative estimate of drug-likeness (QED) is 0.691. The summed E-state index contributed by atoms with van der Waals surface area (Å²) in [5.41, 5.74) is 0.145. The molecule has 0 aromatic heterocycles. The highest BCUT2D eigenvalue weighted by atomic mass is 32.2. The van der Waals surface area contributed by atoms with Crippen LogP contribution in [0.5, 0.6) is 0 Å². The maximum absolute atomic E-state index is 10.8. The van der Waals surface area contributed by atoms with Gasteiger partial charge in [0.15, 0.2) is 0 Å². The maximum Gasteiger partial charge on any atom is 0.0568 e. The number of hydrogen-bond acceptors (Lipinski definition) is 2. The Labute approximate surface area is 70.5 Å². The second kappa shape index (κ2) is 3.23. The van der Waals surface area contributed by atoms with Crippen molar-refractivity contribution in [3.8, 4) is 0 Å². The van der Waals surface area contributed by atoms with Crippen molar-refractivity contribution in [2.45, 2.75) is 32.3 Å². The van der Waals surface area contributed by atoms with Crippen LogP contribution in [-0.4, -0.2) is 27.4 Å². The molecule has 1 rings (SSSR count). The van der Waals surface area contributed by atoms with Crippen LogP contribution in [0.15, 0.2) is 0 Å². The maximum atomic E-state index is 10.8. The van der Waals surface area contributed by atoms with Crippen LogP contribution in [0.4, 0.5) is 0 Å². The molecular formula is C8H16O2S. The summed E-state index contributed by atoms with van der Waals surface area (Å²) in [5.74, 6) is 0.741. The van der Waals surface area contributed by atoms with E-state index in [1.807, 2.05) is 6.92 Å². The molecule has 1 fully saturated rings. The summed E-state index contributed by atoms with van der Waals surface area (Å²) >= 11 is 0. The molecule has 0 spiro atoms. The molecule has 1 saturated carbocycles. The van der Waals surface area contributed by atoms with Crippen molar-refractivity contribution >= 4 is 10.8 Å². The van der Waals surface area contributed by atoms with Crippen molar-refractivity contribution in [2.75, 3.05) is 12.0 Å². The van der Waals surface area contributed by atoms with Crippen molar-refractivity contribution in [3.05, 3.63) is 0 Å². The molecule has 1 aliphatic rings. The Morgan fingerprint density at radius 3 is 2.45 bits per heavy atom. The largest absolute Gasteiger partial charge is 0.393 e. The molecule has 2 atom stereocenters. The third-order valence-corrected chi connectivity index (χ3v) is 3.44. The summed E-state index contributed by atoms with van der Waals surface area (Å²) in [5, 5.41) is 9.36. The van der Waals surface area contributed by atoms with E-state index in [0.29, 0.717) is 0 Å². The first kappa shape index (κ1) is 9.20. The third-order valence-electron chi connectivity index (χ3n) is 2.67. The minimum Gasteiger partial charge on any atom is -0.393 e. The van der Waals surface area contributed by atoms with Crippen molar-refractivity contribution in [2.24, 2.45) is 5.41 Å². The van der Waals surface area contributed by atoms with E-state index in [2.05, 4.69) is 0 Å². The highest BCUT2D eigenvalue weighted by molar-refractivity contribution is 7.84. The van der Waals surface area contributed by atoms with Crippen LogP contribution < -0.4 is 0 Å². The second-order valence-electron chi connectivity index (χ2n) is 3.57. The van der Waals surface area contributed by atoms with E-state index in [-0.39, 0.29) is 11.5 Å². The molecule has 0 radical (unpaired) electrons. The van der Waals surface area contributed by atoms with Crippen LogP contribution in [0.1, 0.15) is 26.2 Å². The minimum absolute atomic E-state index is 0.145. The van der Waals surface area contributed by atoms with E-state index in [9.17, 15) is 9.32 Å². The summed E-state index contributed by atoms with van der Waals surface area (Å²) in [6, 6.07) is 0. The molecular weight excluding hydrogens is 160 g/mol. The van der Waals surface area contributed by atoms with Gasteiger partial charge >= 0.3 is 0 Å². The topological polar surface area (TPSA) is 37.3 Å². The third kappa shape index (κ3) is 2.27. The van der Waals surface area contributed by atoms with Crippen molar-refractivity contribution in [1.29, 1.82) is 0 Å². The van der Waals surface area contributed by atoms with Crippen LogP contribution in [0.3, 0.4) is 0 Å². The molecule has 0 bridgehead atoms. The van der Waals surface area contributed by atoms with Crippen LogP contribution in [-0.2, 0) is 10.8 Å². The lowest BCUT2D eigenvalue weighted by molar-refractivity contribution is 0.108. The van der Waals surface area contributed by atoms with Gasteiger partial charge in [0.25, 0.3) is 0 Å². The van der Waals surface area contributed by atoms with Crippen molar-refractivity contribution in [3.63, 3.8) is 0 Å². The molecule has 2 unspecified atom stereocenters. The Balaban J connectivity index is 2.30.